The third-order valence-corrected chi connectivity index (χ3v) is 2.54. The smallest absolute Gasteiger partial charge is 0.406 e. The fourth-order valence-corrected chi connectivity index (χ4v) is 1.75. The Morgan fingerprint density at radius 3 is 2.45 bits per heavy atom. The first-order chi connectivity index (χ1) is 9.49. The monoisotopic (exact) mass is 278 g/mol. The van der Waals surface area contributed by atoms with E-state index in [1.807, 2.05) is 6.07 Å². The molecule has 102 valence electrons. The van der Waals surface area contributed by atoms with Gasteiger partial charge in [-0.15, -0.1) is 13.2 Å². The third kappa shape index (κ3) is 3.48. The van der Waals surface area contributed by atoms with E-state index in [1.54, 1.807) is 18.3 Å². The highest BCUT2D eigenvalue weighted by atomic mass is 19.4. The van der Waals surface area contributed by atoms with Gasteiger partial charge in [0.25, 0.3) is 0 Å². The molecule has 1 heterocycles. The molecule has 2 rings (SSSR count). The fraction of sp³-hybridized carbons (Fsp3) is 0.143. The SMILES string of the molecule is N#CCc1ncccc1-c1ccc(OC(F)(F)F)cc1. The molecule has 1 aromatic heterocycles. The van der Waals surface area contributed by atoms with Crippen LogP contribution in [0.5, 0.6) is 5.75 Å². The Kier molecular flexibility index (Phi) is 3.89. The molecule has 0 aliphatic rings. The summed E-state index contributed by atoms with van der Waals surface area (Å²) in [7, 11) is 0. The summed E-state index contributed by atoms with van der Waals surface area (Å²) >= 11 is 0. The summed E-state index contributed by atoms with van der Waals surface area (Å²) in [5, 5.41) is 8.73. The number of pyridine rings is 1. The first kappa shape index (κ1) is 13.9. The number of nitriles is 1. The highest BCUT2D eigenvalue weighted by molar-refractivity contribution is 5.66. The van der Waals surface area contributed by atoms with Gasteiger partial charge in [-0.3, -0.25) is 4.98 Å². The van der Waals surface area contributed by atoms with E-state index in [-0.39, 0.29) is 12.2 Å². The van der Waals surface area contributed by atoms with Gasteiger partial charge in [-0.1, -0.05) is 18.2 Å². The molecule has 0 radical (unpaired) electrons. The second kappa shape index (κ2) is 5.61. The fourth-order valence-electron chi connectivity index (χ4n) is 1.75. The van der Waals surface area contributed by atoms with Gasteiger partial charge in [0.05, 0.1) is 18.2 Å². The van der Waals surface area contributed by atoms with E-state index in [0.717, 1.165) is 0 Å². The van der Waals surface area contributed by atoms with Crippen LogP contribution in [0, 0.1) is 11.3 Å². The summed E-state index contributed by atoms with van der Waals surface area (Å²) in [5.74, 6) is -0.285. The predicted octanol–water partition coefficient (Wildman–Crippen LogP) is 3.71. The van der Waals surface area contributed by atoms with Gasteiger partial charge >= 0.3 is 6.36 Å². The number of halogens is 3. The highest BCUT2D eigenvalue weighted by Crippen LogP contribution is 2.27. The van der Waals surface area contributed by atoms with Crippen LogP contribution in [0.15, 0.2) is 42.6 Å². The van der Waals surface area contributed by atoms with Crippen molar-refractivity contribution in [3.8, 4) is 22.9 Å². The molecule has 0 saturated carbocycles. The van der Waals surface area contributed by atoms with Gasteiger partial charge in [-0.05, 0) is 23.8 Å². The number of nitrogens with zero attached hydrogens (tertiary/aromatic N) is 2. The number of alkyl halides is 3. The number of aromatic nitrogens is 1. The van der Waals surface area contributed by atoms with Crippen molar-refractivity contribution in [2.75, 3.05) is 0 Å². The summed E-state index contributed by atoms with van der Waals surface area (Å²) in [6.45, 7) is 0. The number of rotatable bonds is 3. The highest BCUT2D eigenvalue weighted by Gasteiger charge is 2.30. The van der Waals surface area contributed by atoms with Gasteiger partial charge in [0.15, 0.2) is 0 Å². The van der Waals surface area contributed by atoms with Crippen LogP contribution >= 0.6 is 0 Å². The van der Waals surface area contributed by atoms with Crippen molar-refractivity contribution in [1.29, 1.82) is 5.26 Å². The number of ether oxygens (including phenoxy) is 1. The number of hydrogen-bond acceptors (Lipinski definition) is 3. The molecule has 20 heavy (non-hydrogen) atoms. The Morgan fingerprint density at radius 2 is 1.85 bits per heavy atom. The van der Waals surface area contributed by atoms with Gasteiger partial charge in [0.1, 0.15) is 5.75 Å². The Morgan fingerprint density at radius 1 is 1.15 bits per heavy atom. The molecule has 2 aromatic rings. The maximum absolute atomic E-state index is 12.1. The zero-order chi connectivity index (χ0) is 14.6. The molecule has 0 aliphatic heterocycles. The second-order valence-corrected chi connectivity index (χ2v) is 3.90. The van der Waals surface area contributed by atoms with Crippen LogP contribution in [0.3, 0.4) is 0 Å². The minimum atomic E-state index is -4.71. The first-order valence-electron chi connectivity index (χ1n) is 5.66. The van der Waals surface area contributed by atoms with Crippen molar-refractivity contribution < 1.29 is 17.9 Å². The van der Waals surface area contributed by atoms with Gasteiger partial charge in [-0.25, -0.2) is 0 Å². The van der Waals surface area contributed by atoms with E-state index >= 15 is 0 Å². The van der Waals surface area contributed by atoms with Crippen molar-refractivity contribution in [2.24, 2.45) is 0 Å². The average Bonchev–Trinajstić information content (AvgIpc) is 2.39. The van der Waals surface area contributed by atoms with Crippen molar-refractivity contribution in [3.05, 3.63) is 48.3 Å². The minimum absolute atomic E-state index is 0.136. The van der Waals surface area contributed by atoms with Gasteiger partial charge in [0.2, 0.25) is 0 Å². The van der Waals surface area contributed by atoms with E-state index in [4.69, 9.17) is 5.26 Å². The topological polar surface area (TPSA) is 45.9 Å². The molecule has 1 aromatic carbocycles. The lowest BCUT2D eigenvalue weighted by atomic mass is 10.0. The van der Waals surface area contributed by atoms with Crippen LogP contribution in [0.25, 0.3) is 11.1 Å². The average molecular weight is 278 g/mol. The van der Waals surface area contributed by atoms with Crippen molar-refractivity contribution in [3.63, 3.8) is 0 Å². The number of benzene rings is 1. The van der Waals surface area contributed by atoms with Gasteiger partial charge in [-0.2, -0.15) is 5.26 Å². The lowest BCUT2D eigenvalue weighted by molar-refractivity contribution is -0.274. The number of hydrogen-bond donors (Lipinski definition) is 0. The van der Waals surface area contributed by atoms with Crippen LogP contribution in [0.4, 0.5) is 13.2 Å². The first-order valence-corrected chi connectivity index (χ1v) is 5.66. The lowest BCUT2D eigenvalue weighted by Gasteiger charge is -2.10. The third-order valence-electron chi connectivity index (χ3n) is 2.54. The molecule has 0 aliphatic carbocycles. The molecule has 0 saturated heterocycles. The summed E-state index contributed by atoms with van der Waals surface area (Å²) in [5.41, 5.74) is 1.98. The quantitative estimate of drug-likeness (QED) is 0.859. The van der Waals surface area contributed by atoms with Gasteiger partial charge < -0.3 is 4.74 Å². The molecule has 3 nitrogen and oxygen atoms in total. The lowest BCUT2D eigenvalue weighted by Crippen LogP contribution is -2.16. The normalized spacial score (nSPS) is 10.9. The molecular formula is C14H9F3N2O. The largest absolute Gasteiger partial charge is 0.573 e. The Hall–Kier alpha value is -2.55. The molecule has 0 spiro atoms. The second-order valence-electron chi connectivity index (χ2n) is 3.90. The Bertz CT molecular complexity index is 630. The molecule has 6 heteroatoms. The summed E-state index contributed by atoms with van der Waals surface area (Å²) < 4.78 is 40.0. The van der Waals surface area contributed by atoms with E-state index in [0.29, 0.717) is 16.8 Å². The van der Waals surface area contributed by atoms with Crippen LogP contribution in [-0.2, 0) is 6.42 Å². The molecule has 0 amide bonds. The summed E-state index contributed by atoms with van der Waals surface area (Å²) in [6, 6.07) is 10.9. The van der Waals surface area contributed by atoms with Gasteiger partial charge in [0, 0.05) is 11.8 Å². The molecule has 0 atom stereocenters. The van der Waals surface area contributed by atoms with Crippen LogP contribution in [-0.4, -0.2) is 11.3 Å². The van der Waals surface area contributed by atoms with E-state index in [2.05, 4.69) is 9.72 Å². The molecule has 0 fully saturated rings. The predicted molar refractivity (Wildman–Crippen MR) is 65.7 cm³/mol. The Labute approximate surface area is 113 Å². The Balaban J connectivity index is 2.29. The standard InChI is InChI=1S/C14H9F3N2O/c15-14(16,17)20-11-5-3-10(4-6-11)12-2-1-9-19-13(12)7-8-18/h1-6,9H,7H2. The van der Waals surface area contributed by atoms with E-state index in [1.165, 1.54) is 24.3 Å². The van der Waals surface area contributed by atoms with E-state index in [9.17, 15) is 13.2 Å². The van der Waals surface area contributed by atoms with Crippen molar-refractivity contribution in [1.82, 2.24) is 4.98 Å². The zero-order valence-electron chi connectivity index (χ0n) is 10.2. The molecule has 0 N–H and O–H groups in total. The maximum Gasteiger partial charge on any atom is 0.573 e. The van der Waals surface area contributed by atoms with Crippen LogP contribution in [0.2, 0.25) is 0 Å². The van der Waals surface area contributed by atoms with Crippen LogP contribution in [0.1, 0.15) is 5.69 Å². The maximum atomic E-state index is 12.1. The molecular weight excluding hydrogens is 269 g/mol. The molecule has 0 unspecified atom stereocenters. The van der Waals surface area contributed by atoms with Crippen LogP contribution < -0.4 is 4.74 Å². The minimum Gasteiger partial charge on any atom is -0.406 e. The summed E-state index contributed by atoms with van der Waals surface area (Å²) in [4.78, 5) is 4.09. The van der Waals surface area contributed by atoms with E-state index < -0.39 is 6.36 Å². The van der Waals surface area contributed by atoms with Crippen molar-refractivity contribution in [2.45, 2.75) is 12.8 Å². The molecule has 0 bridgehead atoms. The summed E-state index contributed by atoms with van der Waals surface area (Å²) in [6.07, 6.45) is -3.00. The van der Waals surface area contributed by atoms with Crippen molar-refractivity contribution >= 4 is 0 Å². The zero-order valence-corrected chi connectivity index (χ0v) is 10.2.